The van der Waals surface area contributed by atoms with Crippen LogP contribution in [0.25, 0.3) is 0 Å². The number of nitrogens with one attached hydrogen (secondary N) is 1. The summed E-state index contributed by atoms with van der Waals surface area (Å²) in [5.74, 6) is 3.35. The fraction of sp³-hybridized carbons (Fsp3) is 0.250. The summed E-state index contributed by atoms with van der Waals surface area (Å²) in [6, 6.07) is 3.03. The van der Waals surface area contributed by atoms with Gasteiger partial charge in [0, 0.05) is 12.1 Å². The number of hydrazine groups is 1. The van der Waals surface area contributed by atoms with Crippen molar-refractivity contribution in [1.82, 2.24) is 5.43 Å². The van der Waals surface area contributed by atoms with Crippen molar-refractivity contribution in [3.8, 4) is 0 Å². The maximum Gasteiger partial charge on any atom is 0.163 e. The fourth-order valence-corrected chi connectivity index (χ4v) is 0.932. The molecule has 0 radical (unpaired) electrons. The van der Waals surface area contributed by atoms with Gasteiger partial charge in [-0.25, -0.2) is 8.78 Å². The molecule has 1 rings (SSSR count). The third-order valence-electron chi connectivity index (χ3n) is 1.65. The quantitative estimate of drug-likeness (QED) is 0.520. The number of hydrogen-bond donors (Lipinski definition) is 2. The number of halogens is 2. The average molecular weight is 172 g/mol. The standard InChI is InChI=1S/C8H10F2N2/c1-5-2-3-6(4-12-11)8(10)7(5)9/h2-3,12H,4,11H2,1H3. The van der Waals surface area contributed by atoms with E-state index in [9.17, 15) is 8.78 Å². The second kappa shape index (κ2) is 3.60. The average Bonchev–Trinajstić information content (AvgIpc) is 2.07. The lowest BCUT2D eigenvalue weighted by molar-refractivity contribution is 0.489. The van der Waals surface area contributed by atoms with Gasteiger partial charge in [-0.1, -0.05) is 12.1 Å². The maximum atomic E-state index is 13.0. The number of aryl methyl sites for hydroxylation is 1. The minimum absolute atomic E-state index is 0.128. The molecular weight excluding hydrogens is 162 g/mol. The van der Waals surface area contributed by atoms with Crippen molar-refractivity contribution >= 4 is 0 Å². The van der Waals surface area contributed by atoms with Crippen LogP contribution in [0.2, 0.25) is 0 Å². The Morgan fingerprint density at radius 1 is 1.33 bits per heavy atom. The molecule has 66 valence electrons. The summed E-state index contributed by atoms with van der Waals surface area (Å²) in [7, 11) is 0. The maximum absolute atomic E-state index is 13.0. The highest BCUT2D eigenvalue weighted by atomic mass is 19.2. The van der Waals surface area contributed by atoms with Crippen LogP contribution in [0.5, 0.6) is 0 Å². The Kier molecular flexibility index (Phi) is 2.73. The SMILES string of the molecule is Cc1ccc(CNN)c(F)c1F. The molecule has 2 nitrogen and oxygen atoms in total. The summed E-state index contributed by atoms with van der Waals surface area (Å²) in [5.41, 5.74) is 2.80. The fourth-order valence-electron chi connectivity index (χ4n) is 0.932. The molecule has 0 spiro atoms. The summed E-state index contributed by atoms with van der Waals surface area (Å²) >= 11 is 0. The van der Waals surface area contributed by atoms with Crippen LogP contribution in [0.1, 0.15) is 11.1 Å². The lowest BCUT2D eigenvalue weighted by Crippen LogP contribution is -2.21. The van der Waals surface area contributed by atoms with Gasteiger partial charge in [0.25, 0.3) is 0 Å². The molecule has 12 heavy (non-hydrogen) atoms. The van der Waals surface area contributed by atoms with Gasteiger partial charge in [-0.05, 0) is 12.5 Å². The topological polar surface area (TPSA) is 38.0 Å². The molecule has 0 aliphatic carbocycles. The van der Waals surface area contributed by atoms with E-state index in [2.05, 4.69) is 5.43 Å². The van der Waals surface area contributed by atoms with Gasteiger partial charge in [-0.3, -0.25) is 11.3 Å². The summed E-state index contributed by atoms with van der Waals surface area (Å²) in [6.45, 7) is 1.64. The van der Waals surface area contributed by atoms with Crippen LogP contribution in [0.3, 0.4) is 0 Å². The molecule has 0 heterocycles. The second-order valence-electron chi connectivity index (χ2n) is 2.55. The van der Waals surface area contributed by atoms with E-state index in [1.54, 1.807) is 0 Å². The summed E-state index contributed by atoms with van der Waals surface area (Å²) < 4.78 is 25.8. The number of hydrogen-bond acceptors (Lipinski definition) is 2. The van der Waals surface area contributed by atoms with E-state index in [0.29, 0.717) is 5.56 Å². The van der Waals surface area contributed by atoms with Gasteiger partial charge < -0.3 is 0 Å². The molecule has 0 unspecified atom stereocenters. The molecular formula is C8H10F2N2. The third-order valence-corrected chi connectivity index (χ3v) is 1.65. The molecule has 0 saturated heterocycles. The van der Waals surface area contributed by atoms with E-state index in [1.807, 2.05) is 0 Å². The van der Waals surface area contributed by atoms with E-state index in [0.717, 1.165) is 0 Å². The van der Waals surface area contributed by atoms with E-state index in [4.69, 9.17) is 5.84 Å². The largest absolute Gasteiger partial charge is 0.271 e. The molecule has 3 N–H and O–H groups in total. The Labute approximate surface area is 69.4 Å². The van der Waals surface area contributed by atoms with Crippen LogP contribution in [0.4, 0.5) is 8.78 Å². The van der Waals surface area contributed by atoms with Crippen LogP contribution < -0.4 is 11.3 Å². The van der Waals surface area contributed by atoms with Gasteiger partial charge in [-0.15, -0.1) is 0 Å². The minimum Gasteiger partial charge on any atom is -0.271 e. The van der Waals surface area contributed by atoms with Crippen molar-refractivity contribution in [1.29, 1.82) is 0 Å². The number of benzene rings is 1. The van der Waals surface area contributed by atoms with Crippen LogP contribution >= 0.6 is 0 Å². The Hall–Kier alpha value is -1.00. The number of rotatable bonds is 2. The first kappa shape index (κ1) is 9.09. The second-order valence-corrected chi connectivity index (χ2v) is 2.55. The van der Waals surface area contributed by atoms with Crippen molar-refractivity contribution in [3.05, 3.63) is 34.9 Å². The Morgan fingerprint density at radius 3 is 2.58 bits per heavy atom. The Bertz CT molecular complexity index is 287. The first-order valence-electron chi connectivity index (χ1n) is 3.53. The van der Waals surface area contributed by atoms with E-state index in [-0.39, 0.29) is 12.1 Å². The predicted molar refractivity (Wildman–Crippen MR) is 42.1 cm³/mol. The summed E-state index contributed by atoms with van der Waals surface area (Å²) in [6.07, 6.45) is 0. The molecule has 1 aromatic carbocycles. The molecule has 0 aromatic heterocycles. The normalized spacial score (nSPS) is 10.3. The van der Waals surface area contributed by atoms with Gasteiger partial charge >= 0.3 is 0 Å². The zero-order valence-corrected chi connectivity index (χ0v) is 6.70. The Morgan fingerprint density at radius 2 is 2.00 bits per heavy atom. The molecule has 0 aliphatic heterocycles. The minimum atomic E-state index is -0.826. The van der Waals surface area contributed by atoms with Crippen molar-refractivity contribution in [2.75, 3.05) is 0 Å². The smallest absolute Gasteiger partial charge is 0.163 e. The molecule has 0 fully saturated rings. The molecule has 0 bridgehead atoms. The molecule has 1 aromatic rings. The third kappa shape index (κ3) is 1.60. The molecule has 0 amide bonds. The highest BCUT2D eigenvalue weighted by Crippen LogP contribution is 2.14. The van der Waals surface area contributed by atoms with E-state index >= 15 is 0 Å². The van der Waals surface area contributed by atoms with Gasteiger partial charge in [0.15, 0.2) is 11.6 Å². The first-order valence-corrected chi connectivity index (χ1v) is 3.53. The van der Waals surface area contributed by atoms with Gasteiger partial charge in [0.2, 0.25) is 0 Å². The van der Waals surface area contributed by atoms with Gasteiger partial charge in [-0.2, -0.15) is 0 Å². The zero-order valence-electron chi connectivity index (χ0n) is 6.70. The van der Waals surface area contributed by atoms with E-state index in [1.165, 1.54) is 19.1 Å². The van der Waals surface area contributed by atoms with Crippen LogP contribution in [0.15, 0.2) is 12.1 Å². The zero-order chi connectivity index (χ0) is 9.14. The molecule has 0 aliphatic rings. The molecule has 0 saturated carbocycles. The lowest BCUT2D eigenvalue weighted by Gasteiger charge is -2.04. The first-order chi connectivity index (χ1) is 5.66. The lowest BCUT2D eigenvalue weighted by atomic mass is 10.1. The van der Waals surface area contributed by atoms with Gasteiger partial charge in [0.05, 0.1) is 0 Å². The van der Waals surface area contributed by atoms with Crippen LogP contribution in [0, 0.1) is 18.6 Å². The van der Waals surface area contributed by atoms with Crippen molar-refractivity contribution < 1.29 is 8.78 Å². The van der Waals surface area contributed by atoms with Crippen molar-refractivity contribution in [2.45, 2.75) is 13.5 Å². The van der Waals surface area contributed by atoms with Gasteiger partial charge in [0.1, 0.15) is 0 Å². The Balaban J connectivity index is 3.08. The number of nitrogens with two attached hydrogens (primary N) is 1. The summed E-state index contributed by atoms with van der Waals surface area (Å²) in [5, 5.41) is 0. The monoisotopic (exact) mass is 172 g/mol. The van der Waals surface area contributed by atoms with E-state index < -0.39 is 11.6 Å². The molecule has 0 atom stereocenters. The highest BCUT2D eigenvalue weighted by Gasteiger charge is 2.09. The molecule has 4 heteroatoms. The van der Waals surface area contributed by atoms with Crippen molar-refractivity contribution in [2.24, 2.45) is 5.84 Å². The van der Waals surface area contributed by atoms with Crippen molar-refractivity contribution in [3.63, 3.8) is 0 Å². The van der Waals surface area contributed by atoms with Crippen LogP contribution in [-0.2, 0) is 6.54 Å². The van der Waals surface area contributed by atoms with Crippen LogP contribution in [-0.4, -0.2) is 0 Å². The predicted octanol–water partition coefficient (Wildman–Crippen LogP) is 1.24. The highest BCUT2D eigenvalue weighted by molar-refractivity contribution is 5.25. The summed E-state index contributed by atoms with van der Waals surface area (Å²) in [4.78, 5) is 0.